The fourth-order valence-corrected chi connectivity index (χ4v) is 2.48. The van der Waals surface area contributed by atoms with E-state index in [1.165, 1.54) is 18.5 Å². The second-order valence-electron chi connectivity index (χ2n) is 3.04. The molecule has 0 atom stereocenters. The third-order valence-electron chi connectivity index (χ3n) is 2.03. The summed E-state index contributed by atoms with van der Waals surface area (Å²) in [5, 5.41) is 0.908. The number of hydrogen-bond donors (Lipinski definition) is 0. The van der Waals surface area contributed by atoms with Gasteiger partial charge in [0.25, 0.3) is 0 Å². The first-order chi connectivity index (χ1) is 7.54. The first kappa shape index (κ1) is 11.2. The Labute approximate surface area is 101 Å². The van der Waals surface area contributed by atoms with Gasteiger partial charge in [-0.05, 0) is 28.1 Å². The Kier molecular flexibility index (Phi) is 2.77. The molecule has 0 fully saturated rings. The van der Waals surface area contributed by atoms with Gasteiger partial charge in [-0.15, -0.1) is 0 Å². The zero-order chi connectivity index (χ0) is 11.8. The van der Waals surface area contributed by atoms with Crippen molar-refractivity contribution in [2.24, 2.45) is 0 Å². The van der Waals surface area contributed by atoms with Crippen LogP contribution in [-0.2, 0) is 9.84 Å². The minimum atomic E-state index is -3.49. The normalized spacial score (nSPS) is 11.6. The van der Waals surface area contributed by atoms with Crippen molar-refractivity contribution in [1.82, 2.24) is 9.97 Å². The number of fused-ring (bicyclic) bond motifs is 1. The van der Waals surface area contributed by atoms with Crippen molar-refractivity contribution in [2.75, 3.05) is 0 Å². The number of sulfone groups is 1. The Bertz CT molecular complexity index is 668. The standard InChI is InChI=1S/C10H7BrN2O2S/c1-2-16(14,15)9-3-4-12-8-5-7(11)6-13-10(8)9/h2-6H,1H2. The SMILES string of the molecule is C=CS(=O)(=O)c1ccnc2cc(Br)cnc12. The number of aromatic nitrogens is 2. The summed E-state index contributed by atoms with van der Waals surface area (Å²) in [4.78, 5) is 8.24. The maximum atomic E-state index is 11.7. The van der Waals surface area contributed by atoms with Gasteiger partial charge in [0.1, 0.15) is 10.4 Å². The third kappa shape index (κ3) is 1.85. The van der Waals surface area contributed by atoms with Crippen LogP contribution in [0.4, 0.5) is 0 Å². The highest BCUT2D eigenvalue weighted by atomic mass is 79.9. The zero-order valence-corrected chi connectivity index (χ0v) is 10.5. The molecule has 0 saturated heterocycles. The van der Waals surface area contributed by atoms with Crippen LogP contribution in [0.1, 0.15) is 0 Å². The summed E-state index contributed by atoms with van der Waals surface area (Å²) < 4.78 is 24.2. The molecule has 0 aliphatic heterocycles. The second kappa shape index (κ2) is 3.95. The summed E-state index contributed by atoms with van der Waals surface area (Å²) in [6.07, 6.45) is 2.97. The predicted molar refractivity (Wildman–Crippen MR) is 64.6 cm³/mol. The lowest BCUT2D eigenvalue weighted by molar-refractivity contribution is 0.605. The summed E-state index contributed by atoms with van der Waals surface area (Å²) >= 11 is 3.25. The summed E-state index contributed by atoms with van der Waals surface area (Å²) in [6, 6.07) is 3.13. The number of rotatable bonds is 2. The van der Waals surface area contributed by atoms with Gasteiger partial charge in [-0.1, -0.05) is 6.58 Å². The van der Waals surface area contributed by atoms with E-state index < -0.39 is 9.84 Å². The fraction of sp³-hybridized carbons (Fsp3) is 0. The Morgan fingerprint density at radius 1 is 1.38 bits per heavy atom. The van der Waals surface area contributed by atoms with Crippen LogP contribution in [0.2, 0.25) is 0 Å². The predicted octanol–water partition coefficient (Wildman–Crippen LogP) is 2.31. The largest absolute Gasteiger partial charge is 0.254 e. The molecule has 0 saturated carbocycles. The van der Waals surface area contributed by atoms with Crippen molar-refractivity contribution in [3.05, 3.63) is 41.0 Å². The number of pyridine rings is 2. The van der Waals surface area contributed by atoms with E-state index in [1.54, 1.807) is 6.07 Å². The molecule has 0 bridgehead atoms. The zero-order valence-electron chi connectivity index (χ0n) is 8.09. The molecule has 0 unspecified atom stereocenters. The van der Waals surface area contributed by atoms with Crippen molar-refractivity contribution >= 4 is 36.8 Å². The van der Waals surface area contributed by atoms with E-state index in [0.29, 0.717) is 11.0 Å². The van der Waals surface area contributed by atoms with Gasteiger partial charge >= 0.3 is 0 Å². The minimum Gasteiger partial charge on any atom is -0.254 e. The molecule has 0 amide bonds. The lowest BCUT2D eigenvalue weighted by Gasteiger charge is -2.03. The van der Waals surface area contributed by atoms with E-state index in [9.17, 15) is 8.42 Å². The monoisotopic (exact) mass is 298 g/mol. The van der Waals surface area contributed by atoms with Gasteiger partial charge in [-0.25, -0.2) is 8.42 Å². The van der Waals surface area contributed by atoms with Gasteiger partial charge in [0.05, 0.1) is 5.52 Å². The van der Waals surface area contributed by atoms with Gasteiger partial charge in [-0.3, -0.25) is 9.97 Å². The van der Waals surface area contributed by atoms with Crippen molar-refractivity contribution in [3.63, 3.8) is 0 Å². The maximum absolute atomic E-state index is 11.7. The van der Waals surface area contributed by atoms with Crippen molar-refractivity contribution in [1.29, 1.82) is 0 Å². The van der Waals surface area contributed by atoms with Crippen LogP contribution < -0.4 is 0 Å². The fourth-order valence-electron chi connectivity index (χ4n) is 1.30. The van der Waals surface area contributed by atoms with Crippen LogP contribution in [0, 0.1) is 0 Å². The van der Waals surface area contributed by atoms with Crippen molar-refractivity contribution in [3.8, 4) is 0 Å². The van der Waals surface area contributed by atoms with E-state index in [0.717, 1.165) is 9.88 Å². The van der Waals surface area contributed by atoms with Crippen LogP contribution >= 0.6 is 15.9 Å². The van der Waals surface area contributed by atoms with E-state index in [1.807, 2.05) is 0 Å². The molecule has 2 rings (SSSR count). The maximum Gasteiger partial charge on any atom is 0.201 e. The average Bonchev–Trinajstić information content (AvgIpc) is 2.27. The molecule has 82 valence electrons. The Morgan fingerprint density at radius 3 is 2.81 bits per heavy atom. The molecular formula is C10H7BrN2O2S. The van der Waals surface area contributed by atoms with Gasteiger partial charge in [-0.2, -0.15) is 0 Å². The lowest BCUT2D eigenvalue weighted by Crippen LogP contribution is -1.99. The van der Waals surface area contributed by atoms with Crippen LogP contribution in [0.3, 0.4) is 0 Å². The van der Waals surface area contributed by atoms with E-state index in [4.69, 9.17) is 0 Å². The smallest absolute Gasteiger partial charge is 0.201 e. The first-order valence-electron chi connectivity index (χ1n) is 4.32. The molecule has 0 spiro atoms. The molecule has 2 heterocycles. The van der Waals surface area contributed by atoms with Crippen LogP contribution in [-0.4, -0.2) is 18.4 Å². The lowest BCUT2D eigenvalue weighted by atomic mass is 10.3. The Morgan fingerprint density at radius 2 is 2.12 bits per heavy atom. The second-order valence-corrected chi connectivity index (χ2v) is 5.82. The van der Waals surface area contributed by atoms with Crippen LogP contribution in [0.15, 0.2) is 45.9 Å². The number of hydrogen-bond acceptors (Lipinski definition) is 4. The van der Waals surface area contributed by atoms with Crippen LogP contribution in [0.5, 0.6) is 0 Å². The highest BCUT2D eigenvalue weighted by Crippen LogP contribution is 2.22. The Balaban J connectivity index is 2.87. The Hall–Kier alpha value is -1.27. The summed E-state index contributed by atoms with van der Waals surface area (Å²) in [5.74, 6) is 0. The molecule has 0 N–H and O–H groups in total. The average molecular weight is 299 g/mol. The summed E-state index contributed by atoms with van der Waals surface area (Å²) in [5.41, 5.74) is 0.878. The molecule has 4 nitrogen and oxygen atoms in total. The van der Waals surface area contributed by atoms with E-state index >= 15 is 0 Å². The highest BCUT2D eigenvalue weighted by molar-refractivity contribution is 9.10. The molecular weight excluding hydrogens is 292 g/mol. The van der Waals surface area contributed by atoms with Gasteiger partial charge in [0.2, 0.25) is 9.84 Å². The highest BCUT2D eigenvalue weighted by Gasteiger charge is 2.15. The quantitative estimate of drug-likeness (QED) is 0.854. The van der Waals surface area contributed by atoms with Crippen molar-refractivity contribution in [2.45, 2.75) is 4.90 Å². The number of halogens is 1. The topological polar surface area (TPSA) is 59.9 Å². The van der Waals surface area contributed by atoms with Gasteiger partial charge in [0, 0.05) is 22.3 Å². The molecule has 0 radical (unpaired) electrons. The molecule has 0 aromatic carbocycles. The molecule has 16 heavy (non-hydrogen) atoms. The number of nitrogens with zero attached hydrogens (tertiary/aromatic N) is 2. The van der Waals surface area contributed by atoms with Crippen LogP contribution in [0.25, 0.3) is 11.0 Å². The first-order valence-corrected chi connectivity index (χ1v) is 6.66. The molecule has 0 aliphatic rings. The summed E-state index contributed by atoms with van der Waals surface area (Å²) in [7, 11) is -3.49. The minimum absolute atomic E-state index is 0.125. The van der Waals surface area contributed by atoms with Gasteiger partial charge < -0.3 is 0 Å². The van der Waals surface area contributed by atoms with Gasteiger partial charge in [0.15, 0.2) is 0 Å². The molecule has 6 heteroatoms. The molecule has 2 aromatic rings. The van der Waals surface area contributed by atoms with Crippen molar-refractivity contribution < 1.29 is 8.42 Å². The third-order valence-corrected chi connectivity index (χ3v) is 3.85. The molecule has 0 aliphatic carbocycles. The molecule has 2 aromatic heterocycles. The van der Waals surface area contributed by atoms with E-state index in [-0.39, 0.29) is 4.90 Å². The van der Waals surface area contributed by atoms with E-state index in [2.05, 4.69) is 32.5 Å². The summed E-state index contributed by atoms with van der Waals surface area (Å²) in [6.45, 7) is 3.29.